The Morgan fingerprint density at radius 3 is 3.14 bits per heavy atom. The summed E-state index contributed by atoms with van der Waals surface area (Å²) >= 11 is 0. The Hall–Kier alpha value is -1.64. The van der Waals surface area contributed by atoms with Gasteiger partial charge in [0.15, 0.2) is 5.58 Å². The van der Waals surface area contributed by atoms with Crippen molar-refractivity contribution in [3.05, 3.63) is 29.5 Å². The lowest BCUT2D eigenvalue weighted by atomic mass is 10.1. The minimum Gasteiger partial charge on any atom is -0.356 e. The molecule has 0 saturated heterocycles. The molecule has 0 atom stereocenters. The van der Waals surface area contributed by atoms with Crippen LogP contribution in [-0.2, 0) is 11.2 Å². The van der Waals surface area contributed by atoms with E-state index in [2.05, 4.69) is 5.16 Å². The summed E-state index contributed by atoms with van der Waals surface area (Å²) in [6.07, 6.45) is 2.16. The van der Waals surface area contributed by atoms with Crippen LogP contribution in [0.25, 0.3) is 11.0 Å². The third-order valence-corrected chi connectivity index (χ3v) is 2.29. The molecule has 0 amide bonds. The van der Waals surface area contributed by atoms with Crippen molar-refractivity contribution >= 4 is 17.3 Å². The van der Waals surface area contributed by atoms with Gasteiger partial charge in [0.25, 0.3) is 0 Å². The monoisotopic (exact) mass is 189 g/mol. The highest BCUT2D eigenvalue weighted by Crippen LogP contribution is 2.22. The van der Waals surface area contributed by atoms with Gasteiger partial charge in [-0.3, -0.25) is 0 Å². The summed E-state index contributed by atoms with van der Waals surface area (Å²) in [6.45, 7) is 1.91. The maximum Gasteiger partial charge on any atom is 0.170 e. The number of hydrogen-bond donors (Lipinski definition) is 0. The third-order valence-electron chi connectivity index (χ3n) is 2.29. The van der Waals surface area contributed by atoms with Gasteiger partial charge in [-0.15, -0.1) is 0 Å². The van der Waals surface area contributed by atoms with E-state index >= 15 is 0 Å². The van der Waals surface area contributed by atoms with Crippen molar-refractivity contribution in [3.63, 3.8) is 0 Å². The van der Waals surface area contributed by atoms with E-state index in [0.29, 0.717) is 6.42 Å². The summed E-state index contributed by atoms with van der Waals surface area (Å²) in [7, 11) is 0. The first-order valence-electron chi connectivity index (χ1n) is 4.60. The molecule has 72 valence electrons. The normalized spacial score (nSPS) is 10.6. The quantitative estimate of drug-likeness (QED) is 0.695. The molecule has 0 N–H and O–H groups in total. The number of carbonyl (C=O) groups is 1. The number of nitrogens with zero attached hydrogens (tertiary/aromatic N) is 1. The topological polar surface area (TPSA) is 43.1 Å². The van der Waals surface area contributed by atoms with E-state index in [1.165, 1.54) is 0 Å². The number of aryl methyl sites for hydroxylation is 2. The second-order valence-electron chi connectivity index (χ2n) is 3.27. The average molecular weight is 189 g/mol. The number of benzene rings is 1. The zero-order valence-electron chi connectivity index (χ0n) is 7.99. The maximum atomic E-state index is 10.3. The van der Waals surface area contributed by atoms with Gasteiger partial charge in [-0.1, -0.05) is 17.3 Å². The first kappa shape index (κ1) is 8.94. The molecule has 0 bridgehead atoms. The molecule has 3 nitrogen and oxygen atoms in total. The Kier molecular flexibility index (Phi) is 2.31. The fourth-order valence-corrected chi connectivity index (χ4v) is 1.55. The SMILES string of the molecule is Cc1noc2c(CCC=O)cccc12. The van der Waals surface area contributed by atoms with Crippen molar-refractivity contribution in [1.82, 2.24) is 5.16 Å². The number of aldehydes is 1. The Morgan fingerprint density at radius 2 is 2.36 bits per heavy atom. The van der Waals surface area contributed by atoms with Gasteiger partial charge < -0.3 is 9.32 Å². The van der Waals surface area contributed by atoms with Gasteiger partial charge in [0.1, 0.15) is 6.29 Å². The van der Waals surface area contributed by atoms with E-state index in [9.17, 15) is 4.79 Å². The third kappa shape index (κ3) is 1.41. The summed E-state index contributed by atoms with van der Waals surface area (Å²) in [6, 6.07) is 5.91. The molecule has 0 saturated carbocycles. The van der Waals surface area contributed by atoms with E-state index in [0.717, 1.165) is 34.9 Å². The number of para-hydroxylation sites is 1. The molecule has 1 aromatic heterocycles. The number of aromatic nitrogens is 1. The van der Waals surface area contributed by atoms with Crippen LogP contribution in [0.2, 0.25) is 0 Å². The molecule has 2 rings (SSSR count). The van der Waals surface area contributed by atoms with Crippen molar-refractivity contribution in [3.8, 4) is 0 Å². The first-order valence-corrected chi connectivity index (χ1v) is 4.60. The second-order valence-corrected chi connectivity index (χ2v) is 3.27. The van der Waals surface area contributed by atoms with Crippen LogP contribution >= 0.6 is 0 Å². The fourth-order valence-electron chi connectivity index (χ4n) is 1.55. The zero-order valence-corrected chi connectivity index (χ0v) is 7.99. The highest BCUT2D eigenvalue weighted by Gasteiger charge is 2.07. The molecular weight excluding hydrogens is 178 g/mol. The first-order chi connectivity index (χ1) is 6.83. The molecule has 0 spiro atoms. The van der Waals surface area contributed by atoms with Crippen LogP contribution in [0, 0.1) is 6.92 Å². The standard InChI is InChI=1S/C11H11NO2/c1-8-10-6-2-4-9(5-3-7-13)11(10)14-12-8/h2,4,6-7H,3,5H2,1H3. The lowest BCUT2D eigenvalue weighted by molar-refractivity contribution is -0.107. The number of carbonyl (C=O) groups excluding carboxylic acids is 1. The Labute approximate surface area is 81.7 Å². The van der Waals surface area contributed by atoms with E-state index < -0.39 is 0 Å². The van der Waals surface area contributed by atoms with Crippen molar-refractivity contribution < 1.29 is 9.32 Å². The van der Waals surface area contributed by atoms with Crippen molar-refractivity contribution in [2.75, 3.05) is 0 Å². The van der Waals surface area contributed by atoms with E-state index in [4.69, 9.17) is 4.52 Å². The van der Waals surface area contributed by atoms with E-state index in [1.807, 2.05) is 25.1 Å². The van der Waals surface area contributed by atoms with Crippen LogP contribution < -0.4 is 0 Å². The van der Waals surface area contributed by atoms with Gasteiger partial charge in [-0.05, 0) is 25.0 Å². The number of rotatable bonds is 3. The van der Waals surface area contributed by atoms with Gasteiger partial charge >= 0.3 is 0 Å². The number of hydrogen-bond acceptors (Lipinski definition) is 3. The molecule has 3 heteroatoms. The molecule has 0 fully saturated rings. The molecule has 1 heterocycles. The molecule has 0 radical (unpaired) electrons. The second kappa shape index (κ2) is 3.62. The molecule has 0 aliphatic heterocycles. The van der Waals surface area contributed by atoms with Gasteiger partial charge in [0.05, 0.1) is 5.69 Å². The fraction of sp³-hybridized carbons (Fsp3) is 0.273. The largest absolute Gasteiger partial charge is 0.356 e. The van der Waals surface area contributed by atoms with Crippen LogP contribution in [0.3, 0.4) is 0 Å². The van der Waals surface area contributed by atoms with Gasteiger partial charge in [0, 0.05) is 11.8 Å². The van der Waals surface area contributed by atoms with Crippen LogP contribution in [0.1, 0.15) is 17.7 Å². The molecule has 0 aliphatic carbocycles. The molecule has 14 heavy (non-hydrogen) atoms. The summed E-state index contributed by atoms with van der Waals surface area (Å²) in [5.41, 5.74) is 2.76. The summed E-state index contributed by atoms with van der Waals surface area (Å²) < 4.78 is 5.21. The summed E-state index contributed by atoms with van der Waals surface area (Å²) in [5, 5.41) is 4.94. The predicted molar refractivity (Wildman–Crippen MR) is 53.1 cm³/mol. The smallest absolute Gasteiger partial charge is 0.170 e. The Bertz CT molecular complexity index is 459. The lowest BCUT2D eigenvalue weighted by Crippen LogP contribution is -1.86. The van der Waals surface area contributed by atoms with Crippen molar-refractivity contribution in [2.45, 2.75) is 19.8 Å². The highest BCUT2D eigenvalue weighted by molar-refractivity contribution is 5.82. The molecule has 0 aliphatic rings. The average Bonchev–Trinajstić information content (AvgIpc) is 2.58. The maximum absolute atomic E-state index is 10.3. The van der Waals surface area contributed by atoms with Gasteiger partial charge in [-0.25, -0.2) is 0 Å². The van der Waals surface area contributed by atoms with Crippen LogP contribution in [-0.4, -0.2) is 11.4 Å². The van der Waals surface area contributed by atoms with E-state index in [-0.39, 0.29) is 0 Å². The summed E-state index contributed by atoms with van der Waals surface area (Å²) in [5.74, 6) is 0. The van der Waals surface area contributed by atoms with Crippen LogP contribution in [0.5, 0.6) is 0 Å². The predicted octanol–water partition coefficient (Wildman–Crippen LogP) is 2.27. The Morgan fingerprint density at radius 1 is 1.50 bits per heavy atom. The van der Waals surface area contributed by atoms with E-state index in [1.54, 1.807) is 0 Å². The molecular formula is C11H11NO2. The Balaban J connectivity index is 2.48. The van der Waals surface area contributed by atoms with Crippen LogP contribution in [0.15, 0.2) is 22.7 Å². The van der Waals surface area contributed by atoms with Crippen molar-refractivity contribution in [2.24, 2.45) is 0 Å². The van der Waals surface area contributed by atoms with Gasteiger partial charge in [0.2, 0.25) is 0 Å². The molecule has 1 aromatic carbocycles. The highest BCUT2D eigenvalue weighted by atomic mass is 16.5. The zero-order chi connectivity index (χ0) is 9.97. The minimum absolute atomic E-state index is 0.527. The lowest BCUT2D eigenvalue weighted by Gasteiger charge is -1.96. The molecule has 2 aromatic rings. The van der Waals surface area contributed by atoms with Crippen molar-refractivity contribution in [1.29, 1.82) is 0 Å². The number of fused-ring (bicyclic) bond motifs is 1. The van der Waals surface area contributed by atoms with Crippen LogP contribution in [0.4, 0.5) is 0 Å². The van der Waals surface area contributed by atoms with Gasteiger partial charge in [-0.2, -0.15) is 0 Å². The summed E-state index contributed by atoms with van der Waals surface area (Å²) in [4.78, 5) is 10.3. The minimum atomic E-state index is 0.527. The molecule has 0 unspecified atom stereocenters.